The molecule has 1 aliphatic heterocycles. The highest BCUT2D eigenvalue weighted by molar-refractivity contribution is 5.94. The van der Waals surface area contributed by atoms with Gasteiger partial charge in [0.1, 0.15) is 0 Å². The molecule has 2 aromatic rings. The number of unbranched alkanes of at least 4 members (excludes halogenated alkanes) is 12. The van der Waals surface area contributed by atoms with Gasteiger partial charge in [0.2, 0.25) is 5.91 Å². The fraction of sp³-hybridized carbons (Fsp3) is 0.700. The van der Waals surface area contributed by atoms with Crippen LogP contribution in [0.25, 0.3) is 10.9 Å². The summed E-state index contributed by atoms with van der Waals surface area (Å²) in [5.74, 6) is 0.137. The maximum absolute atomic E-state index is 12.5. The Hall–Kier alpha value is -1.85. The van der Waals surface area contributed by atoms with Crippen LogP contribution in [0.4, 0.5) is 5.69 Å². The number of carbonyl (C=O) groups is 1. The lowest BCUT2D eigenvalue weighted by Gasteiger charge is -2.26. The number of carbonyl (C=O) groups excluding carboxylic acids is 1. The second-order valence-corrected chi connectivity index (χ2v) is 10.3. The Kier molecular flexibility index (Phi) is 13.3. The van der Waals surface area contributed by atoms with Gasteiger partial charge in [0.15, 0.2) is 0 Å². The molecule has 5 heteroatoms. The first-order valence-electron chi connectivity index (χ1n) is 14.5. The highest BCUT2D eigenvalue weighted by Gasteiger charge is 2.12. The molecule has 0 saturated carbocycles. The minimum Gasteiger partial charge on any atom is -0.379 e. The monoisotopic (exact) mass is 483 g/mol. The fourth-order valence-electron chi connectivity index (χ4n) is 5.09. The van der Waals surface area contributed by atoms with Crippen molar-refractivity contribution >= 4 is 22.5 Å². The maximum Gasteiger partial charge on any atom is 0.224 e. The number of ether oxygens (including phenoxy) is 1. The predicted molar refractivity (Wildman–Crippen MR) is 148 cm³/mol. The summed E-state index contributed by atoms with van der Waals surface area (Å²) in [6, 6.07) is 6.21. The largest absolute Gasteiger partial charge is 0.379 e. The maximum atomic E-state index is 12.5. The van der Waals surface area contributed by atoms with Crippen molar-refractivity contribution in [2.24, 2.45) is 0 Å². The minimum absolute atomic E-state index is 0.137. The van der Waals surface area contributed by atoms with Crippen LogP contribution in [-0.4, -0.2) is 48.6 Å². The Labute approximate surface area is 213 Å². The number of aromatic nitrogens is 1. The number of nitrogens with zero attached hydrogens (tertiary/aromatic N) is 1. The molecule has 0 spiro atoms. The molecule has 0 bridgehead atoms. The summed E-state index contributed by atoms with van der Waals surface area (Å²) in [6.45, 7) is 7.03. The molecule has 5 nitrogen and oxygen atoms in total. The number of fused-ring (bicyclic) bond motifs is 1. The van der Waals surface area contributed by atoms with Crippen molar-refractivity contribution in [2.75, 3.05) is 38.2 Å². The van der Waals surface area contributed by atoms with Gasteiger partial charge in [-0.3, -0.25) is 9.69 Å². The second-order valence-electron chi connectivity index (χ2n) is 10.3. The Morgan fingerprint density at radius 3 is 2.20 bits per heavy atom. The number of hydrogen-bond donors (Lipinski definition) is 2. The molecule has 1 aliphatic rings. The Morgan fingerprint density at radius 2 is 1.54 bits per heavy atom. The average molecular weight is 484 g/mol. The molecule has 1 aromatic carbocycles. The number of amides is 1. The normalized spacial score (nSPS) is 14.5. The summed E-state index contributed by atoms with van der Waals surface area (Å²) in [6.07, 6.45) is 21.0. The van der Waals surface area contributed by atoms with Crippen molar-refractivity contribution in [2.45, 2.75) is 103 Å². The van der Waals surface area contributed by atoms with Gasteiger partial charge in [-0.15, -0.1) is 0 Å². The van der Waals surface area contributed by atoms with Gasteiger partial charge < -0.3 is 15.0 Å². The molecular formula is C30H49N3O2. The lowest BCUT2D eigenvalue weighted by Crippen LogP contribution is -2.37. The molecule has 0 atom stereocenters. The van der Waals surface area contributed by atoms with Gasteiger partial charge >= 0.3 is 0 Å². The molecule has 3 rings (SSSR count). The molecule has 0 radical (unpaired) electrons. The number of morpholine rings is 1. The zero-order valence-electron chi connectivity index (χ0n) is 22.2. The number of anilines is 1. The fourth-order valence-corrected chi connectivity index (χ4v) is 5.09. The summed E-state index contributed by atoms with van der Waals surface area (Å²) >= 11 is 0. The number of rotatable bonds is 18. The standard InChI is InChI=1S/C30H49N3O2/c1-2-3-4-5-6-7-8-9-10-11-12-13-14-15-30(34)32-27-16-17-29-28(24-27)26(25-31-29)18-19-33-20-22-35-23-21-33/h16-17,24-25,31H,2-15,18-23H2,1H3,(H,32,34). The van der Waals surface area contributed by atoms with Crippen molar-refractivity contribution in [3.8, 4) is 0 Å². The van der Waals surface area contributed by atoms with Gasteiger partial charge in [-0.1, -0.05) is 84.0 Å². The van der Waals surface area contributed by atoms with E-state index in [1.165, 1.54) is 81.6 Å². The summed E-state index contributed by atoms with van der Waals surface area (Å²) in [5, 5.41) is 4.34. The van der Waals surface area contributed by atoms with Crippen LogP contribution in [0.1, 0.15) is 102 Å². The Bertz CT molecular complexity index is 841. The zero-order chi connectivity index (χ0) is 24.6. The van der Waals surface area contributed by atoms with E-state index in [4.69, 9.17) is 4.74 Å². The van der Waals surface area contributed by atoms with Crippen LogP contribution in [0.2, 0.25) is 0 Å². The van der Waals surface area contributed by atoms with Crippen molar-refractivity contribution < 1.29 is 9.53 Å². The van der Waals surface area contributed by atoms with E-state index >= 15 is 0 Å². The van der Waals surface area contributed by atoms with Crippen LogP contribution in [0.3, 0.4) is 0 Å². The number of aromatic amines is 1. The highest BCUT2D eigenvalue weighted by atomic mass is 16.5. The molecular weight excluding hydrogens is 434 g/mol. The third-order valence-electron chi connectivity index (χ3n) is 7.36. The van der Waals surface area contributed by atoms with Crippen molar-refractivity contribution in [3.63, 3.8) is 0 Å². The van der Waals surface area contributed by atoms with Gasteiger partial charge in [-0.25, -0.2) is 0 Å². The molecule has 2 heterocycles. The van der Waals surface area contributed by atoms with E-state index in [-0.39, 0.29) is 5.91 Å². The van der Waals surface area contributed by atoms with Gasteiger partial charge in [0.05, 0.1) is 13.2 Å². The number of H-pyrrole nitrogens is 1. The lowest BCUT2D eigenvalue weighted by atomic mass is 10.0. The summed E-state index contributed by atoms with van der Waals surface area (Å²) in [7, 11) is 0. The number of nitrogens with one attached hydrogen (secondary N) is 2. The molecule has 1 aromatic heterocycles. The molecule has 196 valence electrons. The molecule has 1 saturated heterocycles. The highest BCUT2D eigenvalue weighted by Crippen LogP contribution is 2.23. The SMILES string of the molecule is CCCCCCCCCCCCCCCC(=O)Nc1ccc2[nH]cc(CCN3CCOCC3)c2c1. The van der Waals surface area contributed by atoms with E-state index < -0.39 is 0 Å². The summed E-state index contributed by atoms with van der Waals surface area (Å²) in [5.41, 5.74) is 3.36. The summed E-state index contributed by atoms with van der Waals surface area (Å²) < 4.78 is 5.45. The number of benzene rings is 1. The van der Waals surface area contributed by atoms with Crippen molar-refractivity contribution in [1.29, 1.82) is 0 Å². The van der Waals surface area contributed by atoms with E-state index in [9.17, 15) is 4.79 Å². The van der Waals surface area contributed by atoms with Gasteiger partial charge in [0, 0.05) is 48.8 Å². The van der Waals surface area contributed by atoms with Crippen molar-refractivity contribution in [1.82, 2.24) is 9.88 Å². The van der Waals surface area contributed by atoms with Gasteiger partial charge in [-0.2, -0.15) is 0 Å². The predicted octanol–water partition coefficient (Wildman–Crippen LogP) is 7.46. The minimum atomic E-state index is 0.137. The van der Waals surface area contributed by atoms with E-state index in [0.29, 0.717) is 6.42 Å². The van der Waals surface area contributed by atoms with Crippen LogP contribution >= 0.6 is 0 Å². The topological polar surface area (TPSA) is 57.4 Å². The first kappa shape index (κ1) is 27.7. The molecule has 1 fully saturated rings. The zero-order valence-corrected chi connectivity index (χ0v) is 22.2. The van der Waals surface area contributed by atoms with Crippen LogP contribution in [0, 0.1) is 0 Å². The molecule has 35 heavy (non-hydrogen) atoms. The van der Waals surface area contributed by atoms with Crippen LogP contribution in [0.5, 0.6) is 0 Å². The van der Waals surface area contributed by atoms with E-state index in [0.717, 1.165) is 63.3 Å². The first-order chi connectivity index (χ1) is 17.3. The average Bonchev–Trinajstić information content (AvgIpc) is 3.28. The molecule has 0 unspecified atom stereocenters. The lowest BCUT2D eigenvalue weighted by molar-refractivity contribution is -0.116. The quantitative estimate of drug-likeness (QED) is 0.216. The second kappa shape index (κ2) is 16.8. The Morgan fingerprint density at radius 1 is 0.914 bits per heavy atom. The van der Waals surface area contributed by atoms with Crippen LogP contribution in [0.15, 0.2) is 24.4 Å². The molecule has 2 N–H and O–H groups in total. The van der Waals surface area contributed by atoms with Gasteiger partial charge in [0.25, 0.3) is 0 Å². The van der Waals surface area contributed by atoms with Crippen molar-refractivity contribution in [3.05, 3.63) is 30.0 Å². The third-order valence-corrected chi connectivity index (χ3v) is 7.36. The smallest absolute Gasteiger partial charge is 0.224 e. The third kappa shape index (κ3) is 10.7. The number of hydrogen-bond acceptors (Lipinski definition) is 3. The summed E-state index contributed by atoms with van der Waals surface area (Å²) in [4.78, 5) is 18.3. The van der Waals surface area contributed by atoms with E-state index in [1.54, 1.807) is 0 Å². The van der Waals surface area contributed by atoms with E-state index in [1.807, 2.05) is 6.07 Å². The Balaban J connectivity index is 1.26. The van der Waals surface area contributed by atoms with Crippen LogP contribution < -0.4 is 5.32 Å². The van der Waals surface area contributed by atoms with E-state index in [2.05, 4.69) is 40.5 Å². The van der Waals surface area contributed by atoms with Crippen LogP contribution in [-0.2, 0) is 16.0 Å². The molecule has 1 amide bonds. The van der Waals surface area contributed by atoms with Gasteiger partial charge in [-0.05, 0) is 36.6 Å². The first-order valence-corrected chi connectivity index (χ1v) is 14.5. The molecule has 0 aliphatic carbocycles.